The summed E-state index contributed by atoms with van der Waals surface area (Å²) in [5.41, 5.74) is 10.9. The number of hydrogen-bond acceptors (Lipinski definition) is 6. The van der Waals surface area contributed by atoms with Gasteiger partial charge in [0.25, 0.3) is 0 Å². The van der Waals surface area contributed by atoms with Gasteiger partial charge in [-0.3, -0.25) is 0 Å². The van der Waals surface area contributed by atoms with E-state index in [0.717, 1.165) is 12.1 Å². The summed E-state index contributed by atoms with van der Waals surface area (Å²) in [6.07, 6.45) is 0. The first kappa shape index (κ1) is 16.6. The van der Waals surface area contributed by atoms with Gasteiger partial charge in [0, 0.05) is 0 Å². The van der Waals surface area contributed by atoms with Crippen molar-refractivity contribution in [2.75, 3.05) is 11.5 Å². The molecule has 102 valence electrons. The molecule has 6 nitrogen and oxygen atoms in total. The third kappa shape index (κ3) is 3.01. The van der Waals surface area contributed by atoms with Crippen LogP contribution in [0.2, 0.25) is 0 Å². The van der Waals surface area contributed by atoms with Crippen LogP contribution >= 0.6 is 0 Å². The molecule has 0 aromatic heterocycles. The van der Waals surface area contributed by atoms with E-state index in [1.54, 1.807) is 0 Å². The average molecular weight is 304 g/mol. The van der Waals surface area contributed by atoms with E-state index in [2.05, 4.69) is 0 Å². The number of nitrogens with two attached hydrogens (primary N) is 2. The maximum atomic E-state index is 12.3. The van der Waals surface area contributed by atoms with Crippen LogP contribution < -0.4 is 11.5 Å². The number of phenolic OH excluding ortho intramolecular Hbond substituents is 2. The van der Waals surface area contributed by atoms with E-state index < -0.39 is 9.84 Å². The minimum absolute atomic E-state index is 0. The third-order valence-electron chi connectivity index (χ3n) is 2.62. The Balaban J connectivity index is 0.00000200. The van der Waals surface area contributed by atoms with E-state index in [1.807, 2.05) is 0 Å². The Morgan fingerprint density at radius 3 is 1.45 bits per heavy atom. The summed E-state index contributed by atoms with van der Waals surface area (Å²) in [6, 6.07) is 7.20. The molecule has 2 aromatic carbocycles. The molecular formula is C12H13N2NaO4S. The number of sulfone groups is 1. The van der Waals surface area contributed by atoms with E-state index in [4.69, 9.17) is 11.5 Å². The van der Waals surface area contributed by atoms with Crippen molar-refractivity contribution in [1.29, 1.82) is 0 Å². The monoisotopic (exact) mass is 304 g/mol. The average Bonchev–Trinajstić information content (AvgIpc) is 2.35. The Hall–Kier alpha value is -1.41. The molecule has 0 spiro atoms. The van der Waals surface area contributed by atoms with Crippen molar-refractivity contribution < 1.29 is 18.6 Å². The fourth-order valence-corrected chi connectivity index (χ4v) is 2.87. The van der Waals surface area contributed by atoms with Gasteiger partial charge in [0.15, 0.2) is 0 Å². The van der Waals surface area contributed by atoms with Crippen molar-refractivity contribution in [2.24, 2.45) is 0 Å². The fraction of sp³-hybridized carbons (Fsp3) is 0. The molecule has 6 N–H and O–H groups in total. The molecule has 0 aliphatic carbocycles. The van der Waals surface area contributed by atoms with Gasteiger partial charge < -0.3 is 21.7 Å². The molecule has 0 aliphatic heterocycles. The Labute approximate surface area is 138 Å². The molecule has 0 radical (unpaired) electrons. The molecule has 0 amide bonds. The molecule has 0 saturated carbocycles. The summed E-state index contributed by atoms with van der Waals surface area (Å²) in [4.78, 5) is -0.124. The molecular weight excluding hydrogens is 291 g/mol. The molecule has 0 atom stereocenters. The zero-order chi connectivity index (χ0) is 14.2. The van der Waals surface area contributed by atoms with Crippen LogP contribution in [0.15, 0.2) is 46.2 Å². The summed E-state index contributed by atoms with van der Waals surface area (Å²) in [7, 11) is -3.80. The number of phenols is 2. The number of nitrogen functional groups attached to an aromatic ring is 2. The number of aromatic hydroxyl groups is 2. The van der Waals surface area contributed by atoms with E-state index in [1.165, 1.54) is 24.3 Å². The maximum absolute atomic E-state index is 12.3. The first-order chi connectivity index (χ1) is 8.82. The summed E-state index contributed by atoms with van der Waals surface area (Å²) in [6.45, 7) is 0. The molecule has 20 heavy (non-hydrogen) atoms. The van der Waals surface area contributed by atoms with Crippen molar-refractivity contribution in [3.8, 4) is 11.5 Å². The predicted molar refractivity (Wildman–Crippen MR) is 77.6 cm³/mol. The van der Waals surface area contributed by atoms with Gasteiger partial charge in [0.2, 0.25) is 9.84 Å². The van der Waals surface area contributed by atoms with Gasteiger partial charge in [-0.2, -0.15) is 0 Å². The molecule has 0 saturated heterocycles. The first-order valence-electron chi connectivity index (χ1n) is 5.24. The van der Waals surface area contributed by atoms with Crippen LogP contribution in [0.4, 0.5) is 11.4 Å². The van der Waals surface area contributed by atoms with Gasteiger partial charge in [-0.25, -0.2) is 8.42 Å². The normalized spacial score (nSPS) is 10.8. The van der Waals surface area contributed by atoms with Crippen LogP contribution in [0.5, 0.6) is 11.5 Å². The van der Waals surface area contributed by atoms with Crippen molar-refractivity contribution >= 4 is 50.8 Å². The fourth-order valence-electron chi connectivity index (χ4n) is 1.54. The third-order valence-corrected chi connectivity index (χ3v) is 4.37. The van der Waals surface area contributed by atoms with Crippen LogP contribution in [0.1, 0.15) is 0 Å². The van der Waals surface area contributed by atoms with Gasteiger partial charge in [-0.1, -0.05) is 0 Å². The second-order valence-electron chi connectivity index (χ2n) is 3.94. The van der Waals surface area contributed by atoms with Crippen LogP contribution in [0.3, 0.4) is 0 Å². The zero-order valence-electron chi connectivity index (χ0n) is 9.74. The van der Waals surface area contributed by atoms with Gasteiger partial charge in [-0.05, 0) is 36.4 Å². The van der Waals surface area contributed by atoms with Crippen LogP contribution in [-0.2, 0) is 9.84 Å². The van der Waals surface area contributed by atoms with Gasteiger partial charge in [0.05, 0.1) is 21.2 Å². The Kier molecular flexibility index (Phi) is 4.93. The molecule has 8 heteroatoms. The van der Waals surface area contributed by atoms with Gasteiger partial charge >= 0.3 is 29.6 Å². The zero-order valence-corrected chi connectivity index (χ0v) is 10.6. The molecule has 0 bridgehead atoms. The summed E-state index contributed by atoms with van der Waals surface area (Å²) < 4.78 is 24.6. The summed E-state index contributed by atoms with van der Waals surface area (Å²) >= 11 is 0. The molecule has 2 rings (SSSR count). The van der Waals surface area contributed by atoms with E-state index >= 15 is 0 Å². The van der Waals surface area contributed by atoms with Crippen LogP contribution in [0, 0.1) is 0 Å². The number of anilines is 2. The molecule has 0 aliphatic rings. The molecule has 0 unspecified atom stereocenters. The Morgan fingerprint density at radius 1 is 0.800 bits per heavy atom. The van der Waals surface area contributed by atoms with Gasteiger partial charge in [0.1, 0.15) is 11.5 Å². The van der Waals surface area contributed by atoms with Crippen LogP contribution in [-0.4, -0.2) is 48.2 Å². The standard InChI is InChI=1S/C12H12N2O4S.Na.H/c13-9-5-7(1-3-11(9)15)19(17,18)8-2-4-12(16)10(14)6-8;;/h1-6,15-16H,13-14H2;;. The van der Waals surface area contributed by atoms with Gasteiger partial charge in [-0.15, -0.1) is 0 Å². The Bertz CT molecular complexity index is 690. The van der Waals surface area contributed by atoms with E-state index in [-0.39, 0.29) is 62.2 Å². The van der Waals surface area contributed by atoms with Crippen molar-refractivity contribution in [3.63, 3.8) is 0 Å². The molecule has 2 aromatic rings. The number of rotatable bonds is 2. The number of hydrogen-bond donors (Lipinski definition) is 4. The van der Waals surface area contributed by atoms with Crippen molar-refractivity contribution in [2.45, 2.75) is 9.79 Å². The molecule has 0 heterocycles. The van der Waals surface area contributed by atoms with Crippen molar-refractivity contribution in [1.82, 2.24) is 0 Å². The Morgan fingerprint density at radius 2 is 1.15 bits per heavy atom. The topological polar surface area (TPSA) is 127 Å². The quantitative estimate of drug-likeness (QED) is 0.362. The minimum atomic E-state index is -3.80. The predicted octanol–water partition coefficient (Wildman–Crippen LogP) is 0.447. The second-order valence-corrected chi connectivity index (χ2v) is 5.89. The van der Waals surface area contributed by atoms with Crippen LogP contribution in [0.25, 0.3) is 0 Å². The van der Waals surface area contributed by atoms with E-state index in [0.29, 0.717) is 0 Å². The van der Waals surface area contributed by atoms with Crippen molar-refractivity contribution in [3.05, 3.63) is 36.4 Å². The molecule has 0 fully saturated rings. The van der Waals surface area contributed by atoms with E-state index in [9.17, 15) is 18.6 Å². The summed E-state index contributed by atoms with van der Waals surface area (Å²) in [5.74, 6) is -0.381. The number of benzene rings is 2. The SMILES string of the molecule is Nc1cc(S(=O)(=O)c2ccc(O)c(N)c2)ccc1O.[NaH]. The second kappa shape index (κ2) is 5.92. The summed E-state index contributed by atoms with van der Waals surface area (Å²) in [5, 5.41) is 18.6. The first-order valence-corrected chi connectivity index (χ1v) is 6.73.